The van der Waals surface area contributed by atoms with Gasteiger partial charge >= 0.3 is 0 Å². The van der Waals surface area contributed by atoms with Crippen molar-refractivity contribution in [1.82, 2.24) is 14.8 Å². The lowest BCUT2D eigenvalue weighted by molar-refractivity contribution is 0.881. The van der Waals surface area contributed by atoms with E-state index in [1.54, 1.807) is 6.20 Å². The molecule has 0 spiro atoms. The zero-order valence-corrected chi connectivity index (χ0v) is 10.4. The van der Waals surface area contributed by atoms with Crippen LogP contribution in [0.3, 0.4) is 0 Å². The molecule has 2 N–H and O–H groups in total. The van der Waals surface area contributed by atoms with Crippen LogP contribution >= 0.6 is 0 Å². The number of aromatic nitrogens is 3. The number of para-hydroxylation sites is 1. The fourth-order valence-corrected chi connectivity index (χ4v) is 1.95. The van der Waals surface area contributed by atoms with E-state index in [4.69, 9.17) is 5.73 Å². The molecule has 0 atom stereocenters. The minimum atomic E-state index is 0.494. The fraction of sp³-hybridized carbons (Fsp3) is 0.0667. The molecule has 3 rings (SSSR count). The van der Waals surface area contributed by atoms with Crippen molar-refractivity contribution in [3.05, 3.63) is 66.7 Å². The molecule has 0 saturated heterocycles. The van der Waals surface area contributed by atoms with Crippen LogP contribution in [0.4, 0.5) is 0 Å². The van der Waals surface area contributed by atoms with Crippen LogP contribution < -0.4 is 5.73 Å². The van der Waals surface area contributed by atoms with Gasteiger partial charge in [-0.15, -0.1) is 0 Å². The van der Waals surface area contributed by atoms with E-state index in [-0.39, 0.29) is 0 Å². The van der Waals surface area contributed by atoms with Crippen molar-refractivity contribution in [3.63, 3.8) is 0 Å². The van der Waals surface area contributed by atoms with Crippen molar-refractivity contribution in [2.24, 2.45) is 5.73 Å². The molecule has 2 aromatic heterocycles. The lowest BCUT2D eigenvalue weighted by Crippen LogP contribution is -1.96. The fourth-order valence-electron chi connectivity index (χ4n) is 1.95. The molecule has 4 nitrogen and oxygen atoms in total. The number of nitrogens with two attached hydrogens (primary N) is 1. The van der Waals surface area contributed by atoms with Crippen molar-refractivity contribution in [1.29, 1.82) is 0 Å². The highest BCUT2D eigenvalue weighted by Crippen LogP contribution is 2.20. The van der Waals surface area contributed by atoms with E-state index >= 15 is 0 Å². The van der Waals surface area contributed by atoms with Crippen LogP contribution in [0.2, 0.25) is 0 Å². The standard InChI is InChI=1S/C15H14N4/c16-7-12-6-13(9-17-8-12)14-10-18-19(11-14)15-4-2-1-3-5-15/h1-6,8-11H,7,16H2. The average Bonchev–Trinajstić information content (AvgIpc) is 2.98. The topological polar surface area (TPSA) is 56.7 Å². The molecule has 1 aromatic carbocycles. The summed E-state index contributed by atoms with van der Waals surface area (Å²) < 4.78 is 1.85. The molecule has 0 amide bonds. The average molecular weight is 250 g/mol. The van der Waals surface area contributed by atoms with Gasteiger partial charge in [-0.25, -0.2) is 4.68 Å². The number of rotatable bonds is 3. The molecule has 0 aliphatic carbocycles. The Morgan fingerprint density at radius 3 is 2.63 bits per heavy atom. The van der Waals surface area contributed by atoms with Gasteiger partial charge in [-0.05, 0) is 23.8 Å². The molecule has 0 bridgehead atoms. The second kappa shape index (κ2) is 5.04. The molecule has 0 radical (unpaired) electrons. The summed E-state index contributed by atoms with van der Waals surface area (Å²) in [5, 5.41) is 4.38. The van der Waals surface area contributed by atoms with Crippen molar-refractivity contribution in [2.75, 3.05) is 0 Å². The van der Waals surface area contributed by atoms with Crippen molar-refractivity contribution >= 4 is 0 Å². The minimum Gasteiger partial charge on any atom is -0.326 e. The number of benzene rings is 1. The molecule has 19 heavy (non-hydrogen) atoms. The van der Waals surface area contributed by atoms with Gasteiger partial charge in [0, 0.05) is 36.3 Å². The number of hydrogen-bond acceptors (Lipinski definition) is 3. The Hall–Kier alpha value is -2.46. The molecule has 2 heterocycles. The van der Waals surface area contributed by atoms with Gasteiger partial charge in [0.1, 0.15) is 0 Å². The van der Waals surface area contributed by atoms with Gasteiger partial charge in [-0.2, -0.15) is 5.10 Å². The van der Waals surface area contributed by atoms with Crippen molar-refractivity contribution in [2.45, 2.75) is 6.54 Å². The summed E-state index contributed by atoms with van der Waals surface area (Å²) in [4.78, 5) is 4.20. The Morgan fingerprint density at radius 1 is 1.00 bits per heavy atom. The number of hydrogen-bond donors (Lipinski definition) is 1. The summed E-state index contributed by atoms with van der Waals surface area (Å²) in [6.07, 6.45) is 7.44. The summed E-state index contributed by atoms with van der Waals surface area (Å²) in [6.45, 7) is 0.494. The summed E-state index contributed by atoms with van der Waals surface area (Å²) in [5.41, 5.74) is 9.76. The Balaban J connectivity index is 1.97. The second-order valence-electron chi connectivity index (χ2n) is 4.30. The highest BCUT2D eigenvalue weighted by Gasteiger charge is 2.04. The third kappa shape index (κ3) is 2.39. The summed E-state index contributed by atoms with van der Waals surface area (Å²) in [6, 6.07) is 12.1. The largest absolute Gasteiger partial charge is 0.326 e. The van der Waals surface area contributed by atoms with E-state index in [1.165, 1.54) is 0 Å². The van der Waals surface area contributed by atoms with Gasteiger partial charge in [0.15, 0.2) is 0 Å². The molecule has 0 fully saturated rings. The van der Waals surface area contributed by atoms with Crippen LogP contribution in [0.5, 0.6) is 0 Å². The first-order chi connectivity index (χ1) is 9.36. The van der Waals surface area contributed by atoms with Gasteiger partial charge in [-0.1, -0.05) is 18.2 Å². The van der Waals surface area contributed by atoms with E-state index < -0.39 is 0 Å². The maximum Gasteiger partial charge on any atom is 0.0645 e. The summed E-state index contributed by atoms with van der Waals surface area (Å²) in [7, 11) is 0. The highest BCUT2D eigenvalue weighted by molar-refractivity contribution is 5.61. The summed E-state index contributed by atoms with van der Waals surface area (Å²) in [5.74, 6) is 0. The van der Waals surface area contributed by atoms with Crippen LogP contribution in [0.15, 0.2) is 61.2 Å². The zero-order valence-electron chi connectivity index (χ0n) is 10.4. The third-order valence-electron chi connectivity index (χ3n) is 2.97. The Morgan fingerprint density at radius 2 is 1.84 bits per heavy atom. The normalized spacial score (nSPS) is 10.6. The Bertz CT molecular complexity index is 673. The molecule has 4 heteroatoms. The van der Waals surface area contributed by atoms with Gasteiger partial charge in [0.2, 0.25) is 0 Å². The van der Waals surface area contributed by atoms with Crippen LogP contribution in [0.25, 0.3) is 16.8 Å². The molecule has 0 unspecified atom stereocenters. The van der Waals surface area contributed by atoms with E-state index in [0.29, 0.717) is 6.54 Å². The smallest absolute Gasteiger partial charge is 0.0645 e. The molecule has 0 aliphatic heterocycles. The molecule has 3 aromatic rings. The van der Waals surface area contributed by atoms with Gasteiger partial charge in [0.25, 0.3) is 0 Å². The Kier molecular flexibility index (Phi) is 3.08. The molecular weight excluding hydrogens is 236 g/mol. The number of pyridine rings is 1. The SMILES string of the molecule is NCc1cncc(-c2cnn(-c3ccccc3)c2)c1. The van der Waals surface area contributed by atoms with Gasteiger partial charge < -0.3 is 5.73 Å². The first kappa shape index (κ1) is 11.6. The maximum absolute atomic E-state index is 5.63. The van der Waals surface area contributed by atoms with E-state index in [0.717, 1.165) is 22.4 Å². The van der Waals surface area contributed by atoms with E-state index in [2.05, 4.69) is 10.1 Å². The molecule has 94 valence electrons. The van der Waals surface area contributed by atoms with E-state index in [9.17, 15) is 0 Å². The Labute approximate surface area is 111 Å². The van der Waals surface area contributed by atoms with Crippen molar-refractivity contribution < 1.29 is 0 Å². The first-order valence-electron chi connectivity index (χ1n) is 6.11. The van der Waals surface area contributed by atoms with Crippen molar-refractivity contribution in [3.8, 4) is 16.8 Å². The predicted molar refractivity (Wildman–Crippen MR) is 74.7 cm³/mol. The van der Waals surface area contributed by atoms with Crippen LogP contribution in [0.1, 0.15) is 5.56 Å². The predicted octanol–water partition coefficient (Wildman–Crippen LogP) is 2.39. The van der Waals surface area contributed by atoms with Crippen LogP contribution in [-0.4, -0.2) is 14.8 Å². The van der Waals surface area contributed by atoms with E-state index in [1.807, 2.05) is 59.7 Å². The second-order valence-corrected chi connectivity index (χ2v) is 4.30. The quantitative estimate of drug-likeness (QED) is 0.776. The zero-order chi connectivity index (χ0) is 13.1. The number of nitrogens with zero attached hydrogens (tertiary/aromatic N) is 3. The maximum atomic E-state index is 5.63. The monoisotopic (exact) mass is 250 g/mol. The van der Waals surface area contributed by atoms with Gasteiger partial charge in [-0.3, -0.25) is 4.98 Å². The van der Waals surface area contributed by atoms with Crippen LogP contribution in [-0.2, 0) is 6.54 Å². The lowest BCUT2D eigenvalue weighted by Gasteiger charge is -2.01. The molecule has 0 saturated carbocycles. The van der Waals surface area contributed by atoms with Gasteiger partial charge in [0.05, 0.1) is 11.9 Å². The first-order valence-corrected chi connectivity index (χ1v) is 6.11. The molecular formula is C15H14N4. The highest BCUT2D eigenvalue weighted by atomic mass is 15.3. The minimum absolute atomic E-state index is 0.494. The van der Waals surface area contributed by atoms with Crippen LogP contribution in [0, 0.1) is 0 Å². The summed E-state index contributed by atoms with van der Waals surface area (Å²) >= 11 is 0. The lowest BCUT2D eigenvalue weighted by atomic mass is 10.1. The molecule has 0 aliphatic rings. The third-order valence-corrected chi connectivity index (χ3v) is 2.97.